The van der Waals surface area contributed by atoms with Gasteiger partial charge in [0, 0.05) is 32.1 Å². The number of hydrogen-bond donors (Lipinski definition) is 1. The van der Waals surface area contributed by atoms with Crippen molar-refractivity contribution in [3.8, 4) is 0 Å². The summed E-state index contributed by atoms with van der Waals surface area (Å²) in [5.41, 5.74) is 0. The fourth-order valence-corrected chi connectivity index (χ4v) is 2.37. The second-order valence-electron chi connectivity index (χ2n) is 5.79. The zero-order valence-electron chi connectivity index (χ0n) is 11.5. The van der Waals surface area contributed by atoms with Gasteiger partial charge < -0.3 is 10.2 Å². The molecule has 1 heterocycles. The third kappa shape index (κ3) is 4.51. The molecule has 1 aliphatic rings. The predicted molar refractivity (Wildman–Crippen MR) is 67.5 cm³/mol. The average molecular weight is 248 g/mol. The van der Waals surface area contributed by atoms with Crippen LogP contribution in [0.5, 0.6) is 0 Å². The first kappa shape index (κ1) is 14.8. The maximum absolute atomic E-state index is 13.4. The van der Waals surface area contributed by atoms with Gasteiger partial charge in [-0.2, -0.15) is 0 Å². The second kappa shape index (κ2) is 6.10. The van der Waals surface area contributed by atoms with E-state index in [-0.39, 0.29) is 6.42 Å². The maximum Gasteiger partial charge on any atom is 0.264 e. The van der Waals surface area contributed by atoms with Crippen molar-refractivity contribution in [1.29, 1.82) is 0 Å². The number of alkyl halides is 2. The highest BCUT2D eigenvalue weighted by Gasteiger charge is 2.43. The van der Waals surface area contributed by atoms with Crippen LogP contribution in [0.4, 0.5) is 8.78 Å². The van der Waals surface area contributed by atoms with E-state index in [1.54, 1.807) is 0 Å². The van der Waals surface area contributed by atoms with Crippen LogP contribution in [-0.2, 0) is 0 Å². The smallest absolute Gasteiger partial charge is 0.264 e. The van der Waals surface area contributed by atoms with Crippen LogP contribution in [0.15, 0.2) is 0 Å². The van der Waals surface area contributed by atoms with Gasteiger partial charge in [0.05, 0.1) is 6.04 Å². The van der Waals surface area contributed by atoms with Gasteiger partial charge in [-0.15, -0.1) is 0 Å². The minimum Gasteiger partial charge on any atom is -0.308 e. The zero-order chi connectivity index (χ0) is 13.1. The SMILES string of the molecule is CC(C)CN(CCC1NCCC1(F)F)C(C)C. The first-order chi connectivity index (χ1) is 7.83. The monoisotopic (exact) mass is 248 g/mol. The molecule has 1 aliphatic heterocycles. The van der Waals surface area contributed by atoms with Crippen molar-refractivity contribution in [3.63, 3.8) is 0 Å². The first-order valence-corrected chi connectivity index (χ1v) is 6.68. The molecule has 17 heavy (non-hydrogen) atoms. The Bertz CT molecular complexity index is 229. The molecular formula is C13H26F2N2. The molecule has 1 unspecified atom stereocenters. The van der Waals surface area contributed by atoms with Crippen LogP contribution in [0.1, 0.15) is 40.5 Å². The molecule has 0 aromatic rings. The van der Waals surface area contributed by atoms with E-state index in [0.717, 1.165) is 13.1 Å². The van der Waals surface area contributed by atoms with Crippen LogP contribution < -0.4 is 5.32 Å². The first-order valence-electron chi connectivity index (χ1n) is 6.68. The number of rotatable bonds is 6. The van der Waals surface area contributed by atoms with E-state index in [9.17, 15) is 8.78 Å². The molecule has 0 amide bonds. The van der Waals surface area contributed by atoms with Crippen LogP contribution in [0.25, 0.3) is 0 Å². The molecular weight excluding hydrogens is 222 g/mol. The quantitative estimate of drug-likeness (QED) is 0.777. The van der Waals surface area contributed by atoms with Gasteiger partial charge >= 0.3 is 0 Å². The van der Waals surface area contributed by atoms with Crippen molar-refractivity contribution in [2.45, 2.75) is 58.5 Å². The molecule has 1 rings (SSSR count). The van der Waals surface area contributed by atoms with Gasteiger partial charge in [-0.25, -0.2) is 8.78 Å². The van der Waals surface area contributed by atoms with Gasteiger partial charge in [-0.05, 0) is 26.2 Å². The second-order valence-corrected chi connectivity index (χ2v) is 5.79. The molecule has 1 atom stereocenters. The van der Waals surface area contributed by atoms with E-state index in [1.807, 2.05) is 0 Å². The van der Waals surface area contributed by atoms with Crippen molar-refractivity contribution in [2.24, 2.45) is 5.92 Å². The third-order valence-electron chi connectivity index (χ3n) is 3.39. The summed E-state index contributed by atoms with van der Waals surface area (Å²) >= 11 is 0. The molecule has 0 saturated carbocycles. The maximum atomic E-state index is 13.4. The Morgan fingerprint density at radius 2 is 1.94 bits per heavy atom. The predicted octanol–water partition coefficient (Wildman–Crippen LogP) is 2.74. The van der Waals surface area contributed by atoms with E-state index in [2.05, 4.69) is 37.9 Å². The van der Waals surface area contributed by atoms with E-state index >= 15 is 0 Å². The summed E-state index contributed by atoms with van der Waals surface area (Å²) in [6.07, 6.45) is 0.529. The molecule has 2 nitrogen and oxygen atoms in total. The zero-order valence-corrected chi connectivity index (χ0v) is 11.5. The van der Waals surface area contributed by atoms with Gasteiger partial charge in [0.2, 0.25) is 0 Å². The van der Waals surface area contributed by atoms with E-state index in [4.69, 9.17) is 0 Å². The summed E-state index contributed by atoms with van der Waals surface area (Å²) in [5.74, 6) is -1.94. The lowest BCUT2D eigenvalue weighted by Crippen LogP contribution is -2.42. The number of halogens is 2. The normalized spacial score (nSPS) is 24.2. The minimum atomic E-state index is -2.51. The summed E-state index contributed by atoms with van der Waals surface area (Å²) in [5, 5.41) is 2.92. The lowest BCUT2D eigenvalue weighted by atomic mass is 10.1. The largest absolute Gasteiger partial charge is 0.308 e. The van der Waals surface area contributed by atoms with Crippen LogP contribution >= 0.6 is 0 Å². The highest BCUT2D eigenvalue weighted by molar-refractivity contribution is 4.91. The van der Waals surface area contributed by atoms with Crippen molar-refractivity contribution in [3.05, 3.63) is 0 Å². The van der Waals surface area contributed by atoms with Crippen LogP contribution in [0, 0.1) is 5.92 Å². The van der Waals surface area contributed by atoms with E-state index < -0.39 is 12.0 Å². The molecule has 0 aromatic carbocycles. The third-order valence-corrected chi connectivity index (χ3v) is 3.39. The Morgan fingerprint density at radius 1 is 1.29 bits per heavy atom. The highest BCUT2D eigenvalue weighted by Crippen LogP contribution is 2.29. The van der Waals surface area contributed by atoms with Gasteiger partial charge in [0.15, 0.2) is 0 Å². The van der Waals surface area contributed by atoms with Crippen LogP contribution in [0.2, 0.25) is 0 Å². The Morgan fingerprint density at radius 3 is 2.35 bits per heavy atom. The standard InChI is InChI=1S/C13H26F2N2/c1-10(2)9-17(11(3)4)8-5-12-13(14,15)6-7-16-12/h10-12,16H,5-9H2,1-4H3. The van der Waals surface area contributed by atoms with Gasteiger partial charge in [-0.1, -0.05) is 13.8 Å². The Balaban J connectivity index is 2.41. The van der Waals surface area contributed by atoms with E-state index in [0.29, 0.717) is 24.9 Å². The minimum absolute atomic E-state index is 0.0104. The summed E-state index contributed by atoms with van der Waals surface area (Å²) in [7, 11) is 0. The molecule has 0 bridgehead atoms. The fourth-order valence-electron chi connectivity index (χ4n) is 2.37. The number of nitrogens with one attached hydrogen (secondary N) is 1. The van der Waals surface area contributed by atoms with Gasteiger partial charge in [-0.3, -0.25) is 0 Å². The molecule has 0 aliphatic carbocycles. The Labute approximate surface area is 104 Å². The molecule has 102 valence electrons. The average Bonchev–Trinajstić information content (AvgIpc) is 2.51. The summed E-state index contributed by atoms with van der Waals surface area (Å²) in [6, 6.07) is -0.205. The van der Waals surface area contributed by atoms with Crippen molar-refractivity contribution in [1.82, 2.24) is 10.2 Å². The lowest BCUT2D eigenvalue weighted by molar-refractivity contribution is -0.0165. The molecule has 0 aromatic heterocycles. The fraction of sp³-hybridized carbons (Fsp3) is 1.00. The summed E-state index contributed by atoms with van der Waals surface area (Å²) in [4.78, 5) is 2.29. The molecule has 4 heteroatoms. The van der Waals surface area contributed by atoms with Gasteiger partial charge in [0.25, 0.3) is 5.92 Å². The number of nitrogens with zero attached hydrogens (tertiary/aromatic N) is 1. The molecule has 1 fully saturated rings. The topological polar surface area (TPSA) is 15.3 Å². The number of hydrogen-bond acceptors (Lipinski definition) is 2. The molecule has 1 saturated heterocycles. The molecule has 1 N–H and O–H groups in total. The molecule has 0 spiro atoms. The van der Waals surface area contributed by atoms with Crippen LogP contribution in [-0.4, -0.2) is 42.5 Å². The van der Waals surface area contributed by atoms with E-state index in [1.165, 1.54) is 0 Å². The lowest BCUT2D eigenvalue weighted by Gasteiger charge is -2.30. The van der Waals surface area contributed by atoms with Crippen molar-refractivity contribution >= 4 is 0 Å². The van der Waals surface area contributed by atoms with Crippen molar-refractivity contribution < 1.29 is 8.78 Å². The van der Waals surface area contributed by atoms with Crippen LogP contribution in [0.3, 0.4) is 0 Å². The highest BCUT2D eigenvalue weighted by atomic mass is 19.3. The Hall–Kier alpha value is -0.220. The Kier molecular flexibility index (Phi) is 5.32. The van der Waals surface area contributed by atoms with Crippen molar-refractivity contribution in [2.75, 3.05) is 19.6 Å². The summed E-state index contributed by atoms with van der Waals surface area (Å²) in [6.45, 7) is 10.8. The summed E-state index contributed by atoms with van der Waals surface area (Å²) < 4.78 is 26.9. The molecule has 0 radical (unpaired) electrons. The van der Waals surface area contributed by atoms with Gasteiger partial charge in [0.1, 0.15) is 0 Å².